The predicted molar refractivity (Wildman–Crippen MR) is 70.0 cm³/mol. The second kappa shape index (κ2) is 7.16. The van der Waals surface area contributed by atoms with Crippen molar-refractivity contribution in [2.45, 2.75) is 13.0 Å². The van der Waals surface area contributed by atoms with E-state index in [0.717, 1.165) is 56.2 Å². The molecule has 0 amide bonds. The molecule has 0 aromatic carbocycles. The molecule has 0 bridgehead atoms. The van der Waals surface area contributed by atoms with Gasteiger partial charge < -0.3 is 14.5 Å². The van der Waals surface area contributed by atoms with E-state index in [1.807, 2.05) is 6.07 Å². The smallest absolute Gasteiger partial charge is 0.131 e. The van der Waals surface area contributed by atoms with Crippen LogP contribution in [0.2, 0.25) is 0 Å². The molecule has 0 spiro atoms. The van der Waals surface area contributed by atoms with Gasteiger partial charge in [-0.05, 0) is 41.5 Å². The van der Waals surface area contributed by atoms with E-state index < -0.39 is 0 Å². The van der Waals surface area contributed by atoms with E-state index >= 15 is 0 Å². The molecule has 1 aliphatic rings. The van der Waals surface area contributed by atoms with Crippen molar-refractivity contribution in [1.29, 1.82) is 0 Å². The van der Waals surface area contributed by atoms with Gasteiger partial charge in [0.25, 0.3) is 0 Å². The van der Waals surface area contributed by atoms with Crippen molar-refractivity contribution in [3.8, 4) is 0 Å². The van der Waals surface area contributed by atoms with Crippen LogP contribution in [0.1, 0.15) is 12.2 Å². The Balaban J connectivity index is 1.53. The van der Waals surface area contributed by atoms with Gasteiger partial charge in [0.05, 0.1) is 30.5 Å². The normalized spacial score (nSPS) is 17.5. The molecule has 1 N–H and O–H groups in total. The summed E-state index contributed by atoms with van der Waals surface area (Å²) in [7, 11) is 0. The highest BCUT2D eigenvalue weighted by atomic mass is 79.9. The van der Waals surface area contributed by atoms with E-state index in [1.54, 1.807) is 6.26 Å². The number of morpholine rings is 1. The van der Waals surface area contributed by atoms with E-state index in [2.05, 4.69) is 26.1 Å². The van der Waals surface area contributed by atoms with Gasteiger partial charge in [-0.25, -0.2) is 0 Å². The summed E-state index contributed by atoms with van der Waals surface area (Å²) in [5.41, 5.74) is 0. The lowest BCUT2D eigenvalue weighted by Crippen LogP contribution is -2.37. The molecule has 0 atom stereocenters. The molecule has 1 fully saturated rings. The van der Waals surface area contributed by atoms with Crippen molar-refractivity contribution in [2.75, 3.05) is 39.4 Å². The molecule has 17 heavy (non-hydrogen) atoms. The van der Waals surface area contributed by atoms with Crippen LogP contribution in [0.15, 0.2) is 21.2 Å². The van der Waals surface area contributed by atoms with Crippen LogP contribution in [-0.4, -0.2) is 44.3 Å². The summed E-state index contributed by atoms with van der Waals surface area (Å²) >= 11 is 3.44. The molecular formula is C12H19BrN2O2. The molecule has 1 saturated heterocycles. The van der Waals surface area contributed by atoms with Gasteiger partial charge in [0, 0.05) is 13.1 Å². The molecule has 0 unspecified atom stereocenters. The standard InChI is InChI=1S/C12H19BrN2O2/c13-11-2-7-17-12(11)10-14-3-1-4-15-5-8-16-9-6-15/h2,7,14H,1,3-6,8-10H2. The quantitative estimate of drug-likeness (QED) is 0.814. The van der Waals surface area contributed by atoms with E-state index in [0.29, 0.717) is 0 Å². The van der Waals surface area contributed by atoms with Gasteiger partial charge in [-0.2, -0.15) is 0 Å². The number of furan rings is 1. The first-order valence-corrected chi connectivity index (χ1v) is 6.88. The van der Waals surface area contributed by atoms with E-state index in [4.69, 9.17) is 9.15 Å². The lowest BCUT2D eigenvalue weighted by molar-refractivity contribution is 0.0374. The van der Waals surface area contributed by atoms with Crippen LogP contribution in [-0.2, 0) is 11.3 Å². The molecule has 5 heteroatoms. The molecule has 2 rings (SSSR count). The Morgan fingerprint density at radius 2 is 2.18 bits per heavy atom. The Kier molecular flexibility index (Phi) is 5.51. The minimum atomic E-state index is 0.788. The fourth-order valence-corrected chi connectivity index (χ4v) is 2.25. The summed E-state index contributed by atoms with van der Waals surface area (Å²) in [5, 5.41) is 3.39. The number of nitrogens with one attached hydrogen (secondary N) is 1. The fourth-order valence-electron chi connectivity index (χ4n) is 1.91. The highest BCUT2D eigenvalue weighted by Crippen LogP contribution is 2.16. The molecule has 0 saturated carbocycles. The van der Waals surface area contributed by atoms with Gasteiger partial charge in [-0.1, -0.05) is 0 Å². The molecule has 1 aromatic heterocycles. The number of rotatable bonds is 6. The fraction of sp³-hybridized carbons (Fsp3) is 0.667. The molecule has 0 radical (unpaired) electrons. The third-order valence-electron chi connectivity index (χ3n) is 2.91. The second-order valence-electron chi connectivity index (χ2n) is 4.18. The van der Waals surface area contributed by atoms with Crippen molar-refractivity contribution in [3.05, 3.63) is 22.6 Å². The summed E-state index contributed by atoms with van der Waals surface area (Å²) in [6.45, 7) is 6.86. The highest BCUT2D eigenvalue weighted by Gasteiger charge is 2.09. The maximum Gasteiger partial charge on any atom is 0.131 e. The number of nitrogens with zero attached hydrogens (tertiary/aromatic N) is 1. The minimum absolute atomic E-state index is 0.788. The van der Waals surface area contributed by atoms with Gasteiger partial charge >= 0.3 is 0 Å². The number of halogens is 1. The average Bonchev–Trinajstić information content (AvgIpc) is 2.76. The van der Waals surface area contributed by atoms with Crippen LogP contribution in [0.25, 0.3) is 0 Å². The summed E-state index contributed by atoms with van der Waals surface area (Å²) in [5.74, 6) is 0.969. The van der Waals surface area contributed by atoms with Crippen LogP contribution < -0.4 is 5.32 Å². The average molecular weight is 303 g/mol. The first-order chi connectivity index (χ1) is 8.36. The summed E-state index contributed by atoms with van der Waals surface area (Å²) < 4.78 is 11.7. The van der Waals surface area contributed by atoms with Crippen LogP contribution >= 0.6 is 15.9 Å². The molecule has 96 valence electrons. The number of hydrogen-bond acceptors (Lipinski definition) is 4. The topological polar surface area (TPSA) is 37.6 Å². The zero-order valence-electron chi connectivity index (χ0n) is 9.95. The summed E-state index contributed by atoms with van der Waals surface area (Å²) in [4.78, 5) is 2.45. The Labute approximate surface area is 110 Å². The van der Waals surface area contributed by atoms with Crippen molar-refractivity contribution in [1.82, 2.24) is 10.2 Å². The van der Waals surface area contributed by atoms with Gasteiger partial charge in [0.1, 0.15) is 5.76 Å². The van der Waals surface area contributed by atoms with Gasteiger partial charge in [-0.15, -0.1) is 0 Å². The molecule has 4 nitrogen and oxygen atoms in total. The Morgan fingerprint density at radius 1 is 1.35 bits per heavy atom. The second-order valence-corrected chi connectivity index (χ2v) is 5.03. The zero-order chi connectivity index (χ0) is 11.9. The first-order valence-electron chi connectivity index (χ1n) is 6.09. The largest absolute Gasteiger partial charge is 0.467 e. The first kappa shape index (κ1) is 13.1. The molecule has 1 aliphatic heterocycles. The molecular weight excluding hydrogens is 284 g/mol. The third kappa shape index (κ3) is 4.43. The van der Waals surface area contributed by atoms with E-state index in [-0.39, 0.29) is 0 Å². The Morgan fingerprint density at radius 3 is 2.88 bits per heavy atom. The van der Waals surface area contributed by atoms with Crippen molar-refractivity contribution in [3.63, 3.8) is 0 Å². The van der Waals surface area contributed by atoms with Crippen LogP contribution in [0, 0.1) is 0 Å². The van der Waals surface area contributed by atoms with E-state index in [9.17, 15) is 0 Å². The monoisotopic (exact) mass is 302 g/mol. The zero-order valence-corrected chi connectivity index (χ0v) is 11.5. The maximum absolute atomic E-state index is 5.32. The number of hydrogen-bond donors (Lipinski definition) is 1. The third-order valence-corrected chi connectivity index (χ3v) is 3.61. The minimum Gasteiger partial charge on any atom is -0.467 e. The van der Waals surface area contributed by atoms with Crippen LogP contribution in [0.5, 0.6) is 0 Å². The predicted octanol–water partition coefficient (Wildman–Crippen LogP) is 1.85. The SMILES string of the molecule is Brc1ccoc1CNCCCN1CCOCC1. The summed E-state index contributed by atoms with van der Waals surface area (Å²) in [6.07, 6.45) is 2.87. The van der Waals surface area contributed by atoms with Gasteiger partial charge in [-0.3, -0.25) is 4.90 Å². The lowest BCUT2D eigenvalue weighted by Gasteiger charge is -2.26. The van der Waals surface area contributed by atoms with Crippen molar-refractivity contribution < 1.29 is 9.15 Å². The highest BCUT2D eigenvalue weighted by molar-refractivity contribution is 9.10. The van der Waals surface area contributed by atoms with Crippen molar-refractivity contribution in [2.24, 2.45) is 0 Å². The Hall–Kier alpha value is -0.360. The molecule has 0 aliphatic carbocycles. The summed E-state index contributed by atoms with van der Waals surface area (Å²) in [6, 6.07) is 1.92. The van der Waals surface area contributed by atoms with E-state index in [1.165, 1.54) is 6.42 Å². The van der Waals surface area contributed by atoms with Crippen molar-refractivity contribution >= 4 is 15.9 Å². The van der Waals surface area contributed by atoms with Gasteiger partial charge in [0.2, 0.25) is 0 Å². The van der Waals surface area contributed by atoms with Crippen LogP contribution in [0.3, 0.4) is 0 Å². The Bertz CT molecular complexity index is 324. The lowest BCUT2D eigenvalue weighted by atomic mass is 10.3. The number of ether oxygens (including phenoxy) is 1. The van der Waals surface area contributed by atoms with Crippen LogP contribution in [0.4, 0.5) is 0 Å². The molecule has 1 aromatic rings. The van der Waals surface area contributed by atoms with Gasteiger partial charge in [0.15, 0.2) is 0 Å². The molecule has 2 heterocycles. The maximum atomic E-state index is 5.32.